The Kier molecular flexibility index (Phi) is 7.44. The van der Waals surface area contributed by atoms with Gasteiger partial charge in [-0.1, -0.05) is 34.5 Å². The summed E-state index contributed by atoms with van der Waals surface area (Å²) < 4.78 is 29.1. The Bertz CT molecular complexity index is 1570. The summed E-state index contributed by atoms with van der Waals surface area (Å²) in [4.78, 5) is 23.3. The second-order valence-corrected chi connectivity index (χ2v) is 12.1. The molecule has 0 bridgehead atoms. The summed E-state index contributed by atoms with van der Waals surface area (Å²) in [6.45, 7) is 0.909. The van der Waals surface area contributed by atoms with Crippen molar-refractivity contribution in [2.75, 3.05) is 23.1 Å². The van der Waals surface area contributed by atoms with Gasteiger partial charge in [-0.25, -0.2) is 18.4 Å². The van der Waals surface area contributed by atoms with Crippen molar-refractivity contribution in [3.63, 3.8) is 0 Å². The second-order valence-electron chi connectivity index (χ2n) is 8.01. The van der Waals surface area contributed by atoms with E-state index in [1.54, 1.807) is 48.7 Å². The van der Waals surface area contributed by atoms with E-state index in [4.69, 9.17) is 34.8 Å². The molecule has 2 atom stereocenters. The number of thiazole rings is 1. The largest absolute Gasteiger partial charge is 0.340 e. The number of carbonyl (C=O) groups excluding carboxylic acids is 1. The molecule has 0 saturated carbocycles. The molecule has 5 rings (SSSR count). The lowest BCUT2D eigenvalue weighted by atomic mass is 10.2. The first-order valence-electron chi connectivity index (χ1n) is 10.9. The van der Waals surface area contributed by atoms with E-state index in [1.165, 1.54) is 28.4 Å². The zero-order valence-corrected chi connectivity index (χ0v) is 22.8. The lowest BCUT2D eigenvalue weighted by Crippen LogP contribution is -2.55. The SMILES string of the molecule is O=C(c1cccnc1Nc1ccc(S(=O)(=O)Nc2nc3cc(Cl)ccc3s2)cc1)N1CCNC(Cl)C1Cl. The molecule has 1 fully saturated rings. The normalized spacial score (nSPS) is 18.1. The maximum Gasteiger partial charge on any atom is 0.263 e. The van der Waals surface area contributed by atoms with E-state index < -0.39 is 21.0 Å². The number of carbonyl (C=O) groups is 1. The molecule has 192 valence electrons. The van der Waals surface area contributed by atoms with Gasteiger partial charge >= 0.3 is 0 Å². The van der Waals surface area contributed by atoms with E-state index >= 15 is 0 Å². The highest BCUT2D eigenvalue weighted by Gasteiger charge is 2.33. The number of sulfonamides is 1. The molecule has 1 saturated heterocycles. The molecule has 3 N–H and O–H groups in total. The summed E-state index contributed by atoms with van der Waals surface area (Å²) in [6.07, 6.45) is 1.55. The maximum atomic E-state index is 13.2. The molecule has 0 aliphatic carbocycles. The van der Waals surface area contributed by atoms with Crippen LogP contribution in [0.2, 0.25) is 5.02 Å². The number of nitrogens with zero attached hydrogens (tertiary/aromatic N) is 3. The molecule has 9 nitrogen and oxygen atoms in total. The number of rotatable bonds is 6. The summed E-state index contributed by atoms with van der Waals surface area (Å²) in [5.74, 6) is -0.00818. The molecule has 1 amide bonds. The topological polar surface area (TPSA) is 116 Å². The minimum atomic E-state index is -3.88. The van der Waals surface area contributed by atoms with Crippen LogP contribution in [0.3, 0.4) is 0 Å². The quantitative estimate of drug-likeness (QED) is 0.210. The first-order chi connectivity index (χ1) is 17.7. The molecule has 1 aliphatic rings. The van der Waals surface area contributed by atoms with Crippen LogP contribution in [-0.2, 0) is 10.0 Å². The van der Waals surface area contributed by atoms with E-state index in [9.17, 15) is 13.2 Å². The summed E-state index contributed by atoms with van der Waals surface area (Å²) in [6, 6.07) is 14.5. The average molecular weight is 598 g/mol. The smallest absolute Gasteiger partial charge is 0.263 e. The van der Waals surface area contributed by atoms with Gasteiger partial charge in [0.15, 0.2) is 5.13 Å². The first kappa shape index (κ1) is 26.0. The third kappa shape index (κ3) is 5.62. The van der Waals surface area contributed by atoms with Crippen LogP contribution in [0.5, 0.6) is 0 Å². The number of hydrogen-bond acceptors (Lipinski definition) is 8. The molecular weight excluding hydrogens is 579 g/mol. The van der Waals surface area contributed by atoms with Crippen molar-refractivity contribution in [2.24, 2.45) is 0 Å². The Morgan fingerprint density at radius 3 is 2.70 bits per heavy atom. The molecule has 1 aliphatic heterocycles. The summed E-state index contributed by atoms with van der Waals surface area (Å²) in [5, 5.41) is 6.85. The van der Waals surface area contributed by atoms with Gasteiger partial charge < -0.3 is 10.2 Å². The molecule has 37 heavy (non-hydrogen) atoms. The highest BCUT2D eigenvalue weighted by molar-refractivity contribution is 7.93. The van der Waals surface area contributed by atoms with E-state index in [1.807, 2.05) is 0 Å². The van der Waals surface area contributed by atoms with Crippen LogP contribution >= 0.6 is 46.1 Å². The zero-order chi connectivity index (χ0) is 26.2. The fourth-order valence-corrected chi connectivity index (χ4v) is 6.49. The molecule has 4 aromatic rings. The number of piperazine rings is 1. The van der Waals surface area contributed by atoms with Gasteiger partial charge in [0, 0.05) is 30.0 Å². The van der Waals surface area contributed by atoms with Crippen LogP contribution < -0.4 is 15.4 Å². The van der Waals surface area contributed by atoms with E-state index in [0.717, 1.165) is 4.70 Å². The molecule has 2 aromatic heterocycles. The van der Waals surface area contributed by atoms with Crippen molar-refractivity contribution in [2.45, 2.75) is 15.9 Å². The third-order valence-corrected chi connectivity index (χ3v) is 9.21. The van der Waals surface area contributed by atoms with E-state index in [2.05, 4.69) is 25.3 Å². The molecule has 0 radical (unpaired) electrons. The minimum absolute atomic E-state index is 0.0478. The van der Waals surface area contributed by atoms with Gasteiger partial charge in [-0.05, 0) is 54.6 Å². The van der Waals surface area contributed by atoms with Crippen molar-refractivity contribution in [1.29, 1.82) is 0 Å². The molecule has 2 unspecified atom stereocenters. The summed E-state index contributed by atoms with van der Waals surface area (Å²) >= 11 is 19.7. The van der Waals surface area contributed by atoms with Crippen LogP contribution in [0, 0.1) is 0 Å². The number of halogens is 3. The number of alkyl halides is 2. The van der Waals surface area contributed by atoms with Crippen molar-refractivity contribution in [3.05, 3.63) is 71.4 Å². The number of fused-ring (bicyclic) bond motifs is 1. The Labute approximate surface area is 231 Å². The summed E-state index contributed by atoms with van der Waals surface area (Å²) in [7, 11) is -3.88. The second kappa shape index (κ2) is 10.6. The van der Waals surface area contributed by atoms with Crippen molar-refractivity contribution >= 4 is 88.9 Å². The number of aromatic nitrogens is 2. The van der Waals surface area contributed by atoms with Crippen LogP contribution in [0.15, 0.2) is 65.7 Å². The Morgan fingerprint density at radius 2 is 1.92 bits per heavy atom. The number of amides is 1. The number of pyridine rings is 1. The van der Waals surface area contributed by atoms with Gasteiger partial charge in [-0.3, -0.25) is 14.8 Å². The number of nitrogens with one attached hydrogen (secondary N) is 3. The predicted molar refractivity (Wildman–Crippen MR) is 148 cm³/mol. The lowest BCUT2D eigenvalue weighted by Gasteiger charge is -2.35. The highest BCUT2D eigenvalue weighted by atomic mass is 35.5. The fraction of sp³-hybridized carbons (Fsp3) is 0.174. The molecule has 3 heterocycles. The number of anilines is 3. The predicted octanol–water partition coefficient (Wildman–Crippen LogP) is 5.06. The number of hydrogen-bond donors (Lipinski definition) is 3. The molecular formula is C23H19Cl3N6O3S2. The van der Waals surface area contributed by atoms with Crippen LogP contribution in [-0.4, -0.2) is 53.3 Å². The monoisotopic (exact) mass is 596 g/mol. The third-order valence-electron chi connectivity index (χ3n) is 5.53. The van der Waals surface area contributed by atoms with Crippen molar-refractivity contribution < 1.29 is 13.2 Å². The number of benzene rings is 2. The average Bonchev–Trinajstić information content (AvgIpc) is 3.26. The van der Waals surface area contributed by atoms with Gasteiger partial charge in [-0.2, -0.15) is 0 Å². The van der Waals surface area contributed by atoms with Crippen molar-refractivity contribution in [3.8, 4) is 0 Å². The van der Waals surface area contributed by atoms with Crippen molar-refractivity contribution in [1.82, 2.24) is 20.2 Å². The van der Waals surface area contributed by atoms with Gasteiger partial charge in [-0.15, -0.1) is 11.6 Å². The van der Waals surface area contributed by atoms with Gasteiger partial charge in [0.1, 0.15) is 16.8 Å². The van der Waals surface area contributed by atoms with Gasteiger partial charge in [0.05, 0.1) is 20.7 Å². The van der Waals surface area contributed by atoms with Crippen LogP contribution in [0.4, 0.5) is 16.6 Å². The van der Waals surface area contributed by atoms with E-state index in [0.29, 0.717) is 40.7 Å². The van der Waals surface area contributed by atoms with Gasteiger partial charge in [0.25, 0.3) is 15.9 Å². The van der Waals surface area contributed by atoms with Gasteiger partial charge in [0.2, 0.25) is 0 Å². The summed E-state index contributed by atoms with van der Waals surface area (Å²) in [5.41, 5.74) is 0.169. The Balaban J connectivity index is 1.32. The lowest BCUT2D eigenvalue weighted by molar-refractivity contribution is 0.0694. The zero-order valence-electron chi connectivity index (χ0n) is 18.9. The first-order valence-corrected chi connectivity index (χ1v) is 14.5. The molecule has 2 aromatic carbocycles. The van der Waals surface area contributed by atoms with Crippen LogP contribution in [0.1, 0.15) is 10.4 Å². The highest BCUT2D eigenvalue weighted by Crippen LogP contribution is 2.30. The molecule has 14 heteroatoms. The Hall–Kier alpha value is -2.67. The van der Waals surface area contributed by atoms with E-state index in [-0.39, 0.29) is 15.9 Å². The molecule has 0 spiro atoms. The Morgan fingerprint density at radius 1 is 1.14 bits per heavy atom. The van der Waals surface area contributed by atoms with Crippen LogP contribution in [0.25, 0.3) is 10.2 Å². The fourth-order valence-electron chi connectivity index (χ4n) is 3.72. The standard InChI is InChI=1S/C23H19Cl3N6O3S2/c24-13-3-8-18-17(12-13)30-23(36-18)31-37(34,35)15-6-4-14(5-7-15)29-21-16(2-1-9-28-21)22(33)32-11-10-27-19(25)20(32)26/h1-9,12,19-20,27H,10-11H2,(H,28,29)(H,30,31). The maximum absolute atomic E-state index is 13.2. The minimum Gasteiger partial charge on any atom is -0.340 e.